The summed E-state index contributed by atoms with van der Waals surface area (Å²) in [7, 11) is 0. The molecule has 2 N–H and O–H groups in total. The van der Waals surface area contributed by atoms with Crippen LogP contribution >= 0.6 is 0 Å². The molecule has 198 valence electrons. The molecule has 0 aliphatic carbocycles. The molecule has 2 aliphatic rings. The van der Waals surface area contributed by atoms with Crippen LogP contribution in [0.4, 0.5) is 9.59 Å². The number of amides is 2. The Morgan fingerprint density at radius 2 is 1.44 bits per heavy atom. The van der Waals surface area contributed by atoms with Crippen LogP contribution in [0.3, 0.4) is 0 Å². The van der Waals surface area contributed by atoms with Gasteiger partial charge in [0.15, 0.2) is 0 Å². The highest BCUT2D eigenvalue weighted by molar-refractivity contribution is 5.69. The summed E-state index contributed by atoms with van der Waals surface area (Å²) in [5.41, 5.74) is 0. The number of hydrogen-bond donors (Lipinski definition) is 2. The van der Waals surface area contributed by atoms with Crippen molar-refractivity contribution >= 4 is 12.2 Å². The fourth-order valence-corrected chi connectivity index (χ4v) is 4.41. The van der Waals surface area contributed by atoms with E-state index in [0.717, 1.165) is 32.4 Å². The number of unbranched alkanes of at least 4 members (excludes halogenated alkanes) is 1. The van der Waals surface area contributed by atoms with E-state index in [4.69, 9.17) is 18.9 Å². The van der Waals surface area contributed by atoms with Gasteiger partial charge in [0.05, 0.1) is 13.2 Å². The van der Waals surface area contributed by atoms with E-state index in [1.165, 1.54) is 0 Å². The Morgan fingerprint density at radius 3 is 1.94 bits per heavy atom. The Bertz CT molecular complexity index is 606. The molecule has 0 saturated carbocycles. The predicted molar refractivity (Wildman–Crippen MR) is 129 cm³/mol. The Kier molecular flexibility index (Phi) is 13.0. The maximum atomic E-state index is 12.3. The van der Waals surface area contributed by atoms with Crippen molar-refractivity contribution in [3.63, 3.8) is 0 Å². The van der Waals surface area contributed by atoms with Gasteiger partial charge in [-0.2, -0.15) is 0 Å². The van der Waals surface area contributed by atoms with Crippen LogP contribution in [0.1, 0.15) is 53.9 Å². The van der Waals surface area contributed by atoms with Crippen molar-refractivity contribution in [2.24, 2.45) is 11.8 Å². The minimum Gasteiger partial charge on any atom is -0.448 e. The van der Waals surface area contributed by atoms with Gasteiger partial charge in [0.25, 0.3) is 0 Å². The molecular weight excluding hydrogens is 440 g/mol. The van der Waals surface area contributed by atoms with E-state index in [1.807, 2.05) is 0 Å². The van der Waals surface area contributed by atoms with E-state index in [-0.39, 0.29) is 18.5 Å². The molecule has 2 fully saturated rings. The standard InChI is InChI=1S/C24H46N4O6/c1-6-7-8-20(26-24(30)34-16-12-28-10-14-32-22(28)19(4)5)17-25-23(29)33-15-11-27-9-13-31-21(27)18(2)3/h18-22H,6-17H2,1-5H3,(H,25,29)(H,26,30). The van der Waals surface area contributed by atoms with Crippen molar-refractivity contribution in [2.45, 2.75) is 72.4 Å². The zero-order valence-corrected chi connectivity index (χ0v) is 21.7. The molecule has 0 aromatic rings. The Balaban J connectivity index is 1.65. The molecule has 10 heteroatoms. The molecule has 2 saturated heterocycles. The molecule has 10 nitrogen and oxygen atoms in total. The predicted octanol–water partition coefficient (Wildman–Crippen LogP) is 2.63. The summed E-state index contributed by atoms with van der Waals surface area (Å²) in [4.78, 5) is 28.9. The lowest BCUT2D eigenvalue weighted by molar-refractivity contribution is -0.00876. The zero-order valence-electron chi connectivity index (χ0n) is 21.7. The van der Waals surface area contributed by atoms with E-state index in [2.05, 4.69) is 55.1 Å². The molecule has 3 unspecified atom stereocenters. The van der Waals surface area contributed by atoms with Crippen LogP contribution in [-0.4, -0.2) is 99.6 Å². The van der Waals surface area contributed by atoms with Gasteiger partial charge in [0.2, 0.25) is 0 Å². The Labute approximate surface area is 205 Å². The second kappa shape index (κ2) is 15.4. The summed E-state index contributed by atoms with van der Waals surface area (Å²) in [5, 5.41) is 5.65. The van der Waals surface area contributed by atoms with Gasteiger partial charge in [0.1, 0.15) is 25.7 Å². The van der Waals surface area contributed by atoms with Gasteiger partial charge >= 0.3 is 12.2 Å². The first kappa shape index (κ1) is 28.6. The fraction of sp³-hybridized carbons (Fsp3) is 0.917. The number of carbonyl (C=O) groups excluding carboxylic acids is 2. The molecule has 0 spiro atoms. The zero-order chi connectivity index (χ0) is 24.9. The third-order valence-electron chi connectivity index (χ3n) is 6.14. The van der Waals surface area contributed by atoms with Gasteiger partial charge in [-0.15, -0.1) is 0 Å². The molecule has 0 radical (unpaired) electrons. The van der Waals surface area contributed by atoms with Crippen LogP contribution < -0.4 is 10.6 Å². The lowest BCUT2D eigenvalue weighted by Crippen LogP contribution is -2.45. The molecular formula is C24H46N4O6. The van der Waals surface area contributed by atoms with E-state index in [1.54, 1.807) is 0 Å². The van der Waals surface area contributed by atoms with Gasteiger partial charge in [-0.05, 0) is 18.3 Å². The van der Waals surface area contributed by atoms with E-state index in [9.17, 15) is 9.59 Å². The Hall–Kier alpha value is -1.62. The van der Waals surface area contributed by atoms with Crippen LogP contribution in [0.15, 0.2) is 0 Å². The highest BCUT2D eigenvalue weighted by Gasteiger charge is 2.29. The molecule has 3 atom stereocenters. The van der Waals surface area contributed by atoms with E-state index >= 15 is 0 Å². The average Bonchev–Trinajstić information content (AvgIpc) is 3.45. The summed E-state index contributed by atoms with van der Waals surface area (Å²) in [6.45, 7) is 15.9. The van der Waals surface area contributed by atoms with E-state index < -0.39 is 12.2 Å². The summed E-state index contributed by atoms with van der Waals surface area (Å²) in [6.07, 6.45) is 1.90. The number of nitrogens with one attached hydrogen (secondary N) is 2. The molecule has 2 aliphatic heterocycles. The summed E-state index contributed by atoms with van der Waals surface area (Å²) < 4.78 is 22.2. The van der Waals surface area contributed by atoms with Crippen LogP contribution in [0.5, 0.6) is 0 Å². The van der Waals surface area contributed by atoms with Gasteiger partial charge < -0.3 is 29.6 Å². The minimum atomic E-state index is -0.480. The summed E-state index contributed by atoms with van der Waals surface area (Å²) >= 11 is 0. The smallest absolute Gasteiger partial charge is 0.407 e. The highest BCUT2D eigenvalue weighted by Crippen LogP contribution is 2.18. The van der Waals surface area contributed by atoms with Crippen molar-refractivity contribution in [1.82, 2.24) is 20.4 Å². The normalized spacial score (nSPS) is 22.3. The molecule has 2 amide bonds. The SMILES string of the molecule is CCCCC(CNC(=O)OCCN1CCOC1C(C)C)NC(=O)OCCN1CCOC1C(C)C. The quantitative estimate of drug-likeness (QED) is 0.386. The second-order valence-corrected chi connectivity index (χ2v) is 9.72. The largest absolute Gasteiger partial charge is 0.448 e. The number of nitrogens with zero attached hydrogens (tertiary/aromatic N) is 2. The van der Waals surface area contributed by atoms with Gasteiger partial charge in [-0.25, -0.2) is 9.59 Å². The van der Waals surface area contributed by atoms with Gasteiger partial charge in [0, 0.05) is 38.8 Å². The lowest BCUT2D eigenvalue weighted by atomic mass is 10.1. The topological polar surface area (TPSA) is 102 Å². The number of carbonyl (C=O) groups is 2. The van der Waals surface area contributed by atoms with Crippen molar-refractivity contribution in [3.05, 3.63) is 0 Å². The molecule has 34 heavy (non-hydrogen) atoms. The first-order valence-electron chi connectivity index (χ1n) is 12.9. The Morgan fingerprint density at radius 1 is 0.912 bits per heavy atom. The van der Waals surface area contributed by atoms with Gasteiger partial charge in [-0.3, -0.25) is 9.80 Å². The first-order valence-corrected chi connectivity index (χ1v) is 12.9. The highest BCUT2D eigenvalue weighted by atomic mass is 16.6. The summed E-state index contributed by atoms with van der Waals surface area (Å²) in [6, 6.07) is -0.212. The third kappa shape index (κ3) is 9.93. The fourth-order valence-electron chi connectivity index (χ4n) is 4.41. The maximum absolute atomic E-state index is 12.3. The van der Waals surface area contributed by atoms with Crippen molar-refractivity contribution in [3.8, 4) is 0 Å². The number of rotatable bonds is 14. The lowest BCUT2D eigenvalue weighted by Gasteiger charge is -2.26. The van der Waals surface area contributed by atoms with Crippen LogP contribution in [-0.2, 0) is 18.9 Å². The number of ether oxygens (including phenoxy) is 4. The monoisotopic (exact) mass is 486 g/mol. The van der Waals surface area contributed by atoms with Crippen molar-refractivity contribution in [1.29, 1.82) is 0 Å². The average molecular weight is 487 g/mol. The second-order valence-electron chi connectivity index (χ2n) is 9.72. The number of hydrogen-bond acceptors (Lipinski definition) is 8. The van der Waals surface area contributed by atoms with Crippen LogP contribution in [0, 0.1) is 11.8 Å². The molecule has 2 rings (SSSR count). The van der Waals surface area contributed by atoms with Crippen LogP contribution in [0.25, 0.3) is 0 Å². The molecule has 0 bridgehead atoms. The summed E-state index contributed by atoms with van der Waals surface area (Å²) in [5.74, 6) is 0.780. The third-order valence-corrected chi connectivity index (χ3v) is 6.14. The molecule has 0 aromatic heterocycles. The number of alkyl carbamates (subject to hydrolysis) is 2. The molecule has 2 heterocycles. The van der Waals surface area contributed by atoms with Gasteiger partial charge in [-0.1, -0.05) is 47.5 Å². The first-order chi connectivity index (χ1) is 16.3. The van der Waals surface area contributed by atoms with E-state index in [0.29, 0.717) is 57.9 Å². The molecule has 0 aromatic carbocycles. The minimum absolute atomic E-state index is 0.0772. The maximum Gasteiger partial charge on any atom is 0.407 e. The van der Waals surface area contributed by atoms with Crippen molar-refractivity contribution in [2.75, 3.05) is 59.2 Å². The van der Waals surface area contributed by atoms with Crippen LogP contribution in [0.2, 0.25) is 0 Å². The van der Waals surface area contributed by atoms with Crippen molar-refractivity contribution < 1.29 is 28.5 Å².